The Labute approximate surface area is 149 Å². The maximum absolute atomic E-state index is 12.0. The largest absolute Gasteiger partial charge is 0.493 e. The van der Waals surface area contributed by atoms with Crippen molar-refractivity contribution in [3.05, 3.63) is 58.1 Å². The molecule has 0 aliphatic heterocycles. The molecule has 0 bridgehead atoms. The van der Waals surface area contributed by atoms with Crippen LogP contribution in [0.25, 0.3) is 0 Å². The topological polar surface area (TPSA) is 38.3 Å². The predicted octanol–water partition coefficient (Wildman–Crippen LogP) is 4.82. The van der Waals surface area contributed by atoms with Gasteiger partial charge in [0.1, 0.15) is 5.75 Å². The molecule has 0 atom stereocenters. The number of benzene rings is 2. The molecule has 1 amide bonds. The Balaban J connectivity index is 1.67. The summed E-state index contributed by atoms with van der Waals surface area (Å²) in [5.74, 6) is 2.06. The summed E-state index contributed by atoms with van der Waals surface area (Å²) in [6.45, 7) is 4.60. The van der Waals surface area contributed by atoms with Crippen LogP contribution in [0.1, 0.15) is 11.1 Å². The number of rotatable bonds is 7. The second kappa shape index (κ2) is 8.99. The van der Waals surface area contributed by atoms with Crippen LogP contribution in [0.2, 0.25) is 0 Å². The summed E-state index contributed by atoms with van der Waals surface area (Å²) in [7, 11) is 0. The summed E-state index contributed by atoms with van der Waals surface area (Å²) in [6, 6.07) is 13.8. The first kappa shape index (κ1) is 17.9. The summed E-state index contributed by atoms with van der Waals surface area (Å²) < 4.78 is 6.65. The van der Waals surface area contributed by atoms with Gasteiger partial charge in [-0.25, -0.2) is 0 Å². The van der Waals surface area contributed by atoms with E-state index in [1.165, 1.54) is 0 Å². The highest BCUT2D eigenvalue weighted by molar-refractivity contribution is 9.10. The van der Waals surface area contributed by atoms with Crippen LogP contribution in [0, 0.1) is 13.8 Å². The molecule has 2 aromatic carbocycles. The van der Waals surface area contributed by atoms with Crippen LogP contribution in [-0.4, -0.2) is 24.0 Å². The van der Waals surface area contributed by atoms with Gasteiger partial charge < -0.3 is 10.1 Å². The molecule has 122 valence electrons. The van der Waals surface area contributed by atoms with Crippen molar-refractivity contribution in [2.45, 2.75) is 13.8 Å². The van der Waals surface area contributed by atoms with E-state index in [4.69, 9.17) is 4.74 Å². The minimum atomic E-state index is 0.0207. The van der Waals surface area contributed by atoms with Crippen LogP contribution < -0.4 is 10.1 Å². The van der Waals surface area contributed by atoms with E-state index in [1.54, 1.807) is 11.8 Å². The Hall–Kier alpha value is -1.46. The summed E-state index contributed by atoms with van der Waals surface area (Å²) >= 11 is 4.95. The molecule has 0 radical (unpaired) electrons. The molecule has 23 heavy (non-hydrogen) atoms. The van der Waals surface area contributed by atoms with E-state index in [9.17, 15) is 4.79 Å². The Morgan fingerprint density at radius 1 is 1.17 bits per heavy atom. The van der Waals surface area contributed by atoms with Crippen LogP contribution in [-0.2, 0) is 4.79 Å². The molecule has 3 nitrogen and oxygen atoms in total. The first-order valence-corrected chi connectivity index (χ1v) is 9.32. The third-order valence-corrected chi connectivity index (χ3v) is 4.66. The Kier molecular flexibility index (Phi) is 6.99. The van der Waals surface area contributed by atoms with Gasteiger partial charge in [0, 0.05) is 15.9 Å². The lowest BCUT2D eigenvalue weighted by atomic mass is 10.1. The molecule has 0 aliphatic rings. The molecule has 0 saturated carbocycles. The van der Waals surface area contributed by atoms with Gasteiger partial charge in [0.25, 0.3) is 0 Å². The summed E-state index contributed by atoms with van der Waals surface area (Å²) in [5, 5.41) is 2.96. The van der Waals surface area contributed by atoms with Gasteiger partial charge in [0.05, 0.1) is 12.4 Å². The van der Waals surface area contributed by atoms with Crippen LogP contribution >= 0.6 is 27.7 Å². The second-order valence-electron chi connectivity index (χ2n) is 5.22. The van der Waals surface area contributed by atoms with Crippen molar-refractivity contribution in [1.29, 1.82) is 0 Å². The van der Waals surface area contributed by atoms with Crippen LogP contribution in [0.15, 0.2) is 46.9 Å². The maximum Gasteiger partial charge on any atom is 0.234 e. The molecule has 0 spiro atoms. The zero-order valence-electron chi connectivity index (χ0n) is 13.3. The minimum absolute atomic E-state index is 0.0207. The van der Waals surface area contributed by atoms with E-state index >= 15 is 0 Å². The molecule has 0 unspecified atom stereocenters. The van der Waals surface area contributed by atoms with Crippen LogP contribution in [0.3, 0.4) is 0 Å². The molecule has 2 aromatic rings. The smallest absolute Gasteiger partial charge is 0.234 e. The van der Waals surface area contributed by atoms with Crippen molar-refractivity contribution in [2.75, 3.05) is 23.4 Å². The van der Waals surface area contributed by atoms with Gasteiger partial charge in [-0.1, -0.05) is 28.1 Å². The summed E-state index contributed by atoms with van der Waals surface area (Å²) in [5.41, 5.74) is 3.11. The van der Waals surface area contributed by atoms with Crippen molar-refractivity contribution in [3.63, 3.8) is 0 Å². The van der Waals surface area contributed by atoms with E-state index in [1.807, 2.05) is 56.3 Å². The fourth-order valence-corrected chi connectivity index (χ4v) is 2.84. The van der Waals surface area contributed by atoms with Gasteiger partial charge in [-0.15, -0.1) is 11.8 Å². The number of carbonyl (C=O) groups is 1. The van der Waals surface area contributed by atoms with Crippen LogP contribution in [0.5, 0.6) is 5.75 Å². The lowest BCUT2D eigenvalue weighted by molar-refractivity contribution is -0.113. The summed E-state index contributed by atoms with van der Waals surface area (Å²) in [6.07, 6.45) is 0. The third-order valence-electron chi connectivity index (χ3n) is 3.21. The van der Waals surface area contributed by atoms with Gasteiger partial charge in [-0.3, -0.25) is 4.79 Å². The number of ether oxygens (including phenoxy) is 1. The highest BCUT2D eigenvalue weighted by Gasteiger charge is 2.05. The molecular formula is C18H20BrNO2S. The average Bonchev–Trinajstić information content (AvgIpc) is 2.52. The number of nitrogens with one attached hydrogen (secondary N) is 1. The van der Waals surface area contributed by atoms with Gasteiger partial charge in [-0.2, -0.15) is 0 Å². The number of hydrogen-bond donors (Lipinski definition) is 1. The molecule has 1 N–H and O–H groups in total. The fourth-order valence-electron chi connectivity index (χ4n) is 1.97. The molecule has 0 heterocycles. The number of halogens is 1. The van der Waals surface area contributed by atoms with Crippen molar-refractivity contribution in [1.82, 2.24) is 0 Å². The van der Waals surface area contributed by atoms with E-state index < -0.39 is 0 Å². The molecule has 0 aromatic heterocycles. The monoisotopic (exact) mass is 393 g/mol. The Morgan fingerprint density at radius 2 is 1.91 bits per heavy atom. The highest BCUT2D eigenvalue weighted by Crippen LogP contribution is 2.18. The number of amides is 1. The molecule has 5 heteroatoms. The van der Waals surface area contributed by atoms with E-state index in [2.05, 4.69) is 21.2 Å². The lowest BCUT2D eigenvalue weighted by Gasteiger charge is -2.09. The molecular weight excluding hydrogens is 374 g/mol. The Morgan fingerprint density at radius 3 is 2.65 bits per heavy atom. The van der Waals surface area contributed by atoms with Gasteiger partial charge in [-0.05, 0) is 55.3 Å². The SMILES string of the molecule is Cc1ccc(C)c(NC(=O)CSCCOc2ccc(Br)cc2)c1. The van der Waals surface area contributed by atoms with Gasteiger partial charge >= 0.3 is 0 Å². The first-order valence-electron chi connectivity index (χ1n) is 7.38. The standard InChI is InChI=1S/C18H20BrNO2S/c1-13-3-4-14(2)17(11-13)20-18(21)12-23-10-9-22-16-7-5-15(19)6-8-16/h3-8,11H,9-10,12H2,1-2H3,(H,20,21). The van der Waals surface area contributed by atoms with Gasteiger partial charge in [0.15, 0.2) is 0 Å². The Bertz CT molecular complexity index is 659. The highest BCUT2D eigenvalue weighted by atomic mass is 79.9. The molecule has 0 saturated heterocycles. The van der Waals surface area contributed by atoms with E-state index in [0.717, 1.165) is 32.8 Å². The van der Waals surface area contributed by atoms with Gasteiger partial charge in [0.2, 0.25) is 5.91 Å². The molecule has 0 fully saturated rings. The maximum atomic E-state index is 12.0. The van der Waals surface area contributed by atoms with Crippen molar-refractivity contribution in [3.8, 4) is 5.75 Å². The molecule has 0 aliphatic carbocycles. The number of thioether (sulfide) groups is 1. The minimum Gasteiger partial charge on any atom is -0.493 e. The van der Waals surface area contributed by atoms with Crippen molar-refractivity contribution in [2.24, 2.45) is 0 Å². The number of aryl methyl sites for hydroxylation is 2. The molecule has 2 rings (SSSR count). The quantitative estimate of drug-likeness (QED) is 0.685. The number of carbonyl (C=O) groups excluding carboxylic acids is 1. The fraction of sp³-hybridized carbons (Fsp3) is 0.278. The van der Waals surface area contributed by atoms with Crippen molar-refractivity contribution < 1.29 is 9.53 Å². The average molecular weight is 394 g/mol. The van der Waals surface area contributed by atoms with Crippen molar-refractivity contribution >= 4 is 39.3 Å². The lowest BCUT2D eigenvalue weighted by Crippen LogP contribution is -2.16. The number of anilines is 1. The van der Waals surface area contributed by atoms with E-state index in [-0.39, 0.29) is 5.91 Å². The first-order chi connectivity index (χ1) is 11.0. The summed E-state index contributed by atoms with van der Waals surface area (Å²) in [4.78, 5) is 12.0. The van der Waals surface area contributed by atoms with Crippen LogP contribution in [0.4, 0.5) is 5.69 Å². The predicted molar refractivity (Wildman–Crippen MR) is 102 cm³/mol. The second-order valence-corrected chi connectivity index (χ2v) is 7.24. The third kappa shape index (κ3) is 6.28. The zero-order chi connectivity index (χ0) is 16.7. The zero-order valence-corrected chi connectivity index (χ0v) is 15.7. The van der Waals surface area contributed by atoms with E-state index in [0.29, 0.717) is 12.4 Å². The number of hydrogen-bond acceptors (Lipinski definition) is 3. The normalized spacial score (nSPS) is 10.4.